The number of nitrogens with two attached hydrogens (primary N) is 1. The van der Waals surface area contributed by atoms with E-state index >= 15 is 0 Å². The number of carboxylic acid groups (broad SMARTS) is 1. The van der Waals surface area contributed by atoms with Gasteiger partial charge >= 0.3 is 5.97 Å². The number of aliphatic hydroxyl groups excluding tert-OH is 1. The number of carbonyl (C=O) groups excluding carboxylic acids is 3. The number of hydrogen-bond donors (Lipinski definition) is 7. The minimum Gasteiger partial charge on any atom is -0.480 e. The largest absolute Gasteiger partial charge is 0.480 e. The molecule has 0 rings (SSSR count). The van der Waals surface area contributed by atoms with Crippen molar-refractivity contribution in [2.75, 3.05) is 12.3 Å². The van der Waals surface area contributed by atoms with Crippen LogP contribution in [0.25, 0.3) is 0 Å². The lowest BCUT2D eigenvalue weighted by atomic mass is 10.1. The second kappa shape index (κ2) is 10.0. The molecule has 0 aliphatic carbocycles. The van der Waals surface area contributed by atoms with Gasteiger partial charge in [-0.3, -0.25) is 19.2 Å². The highest BCUT2D eigenvalue weighted by Crippen LogP contribution is 1.97. The minimum atomic E-state index is -1.32. The zero-order valence-corrected chi connectivity index (χ0v) is 13.7. The van der Waals surface area contributed by atoms with Crippen molar-refractivity contribution in [3.63, 3.8) is 0 Å². The van der Waals surface area contributed by atoms with Crippen molar-refractivity contribution in [2.45, 2.75) is 38.1 Å². The minimum absolute atomic E-state index is 0.0496. The average Bonchev–Trinajstić information content (AvgIpc) is 2.48. The molecule has 0 heterocycles. The van der Waals surface area contributed by atoms with Crippen molar-refractivity contribution < 1.29 is 29.4 Å². The number of carboxylic acids is 1. The van der Waals surface area contributed by atoms with Crippen LogP contribution in [0.5, 0.6) is 0 Å². The number of aliphatic carboxylic acids is 1. The second-order valence-electron chi connectivity index (χ2n) is 4.86. The first-order valence-electron chi connectivity index (χ1n) is 6.74. The molecule has 0 aromatic carbocycles. The van der Waals surface area contributed by atoms with Gasteiger partial charge in [0.2, 0.25) is 17.7 Å². The maximum atomic E-state index is 12.0. The van der Waals surface area contributed by atoms with Crippen LogP contribution in [0.2, 0.25) is 0 Å². The predicted molar refractivity (Wildman–Crippen MR) is 83.7 cm³/mol. The van der Waals surface area contributed by atoms with E-state index in [2.05, 4.69) is 28.6 Å². The van der Waals surface area contributed by atoms with Crippen LogP contribution in [0.1, 0.15) is 13.8 Å². The van der Waals surface area contributed by atoms with E-state index in [9.17, 15) is 24.3 Å². The fourth-order valence-corrected chi connectivity index (χ4v) is 1.60. The molecular formula is C12H22N4O6S. The molecule has 0 radical (unpaired) electrons. The van der Waals surface area contributed by atoms with Crippen LogP contribution < -0.4 is 21.7 Å². The maximum Gasteiger partial charge on any atom is 0.322 e. The molecule has 0 aliphatic rings. The molecule has 4 atom stereocenters. The summed E-state index contributed by atoms with van der Waals surface area (Å²) < 4.78 is 0. The van der Waals surface area contributed by atoms with Gasteiger partial charge in [-0.1, -0.05) is 0 Å². The molecule has 4 unspecified atom stereocenters. The smallest absolute Gasteiger partial charge is 0.322 e. The summed E-state index contributed by atoms with van der Waals surface area (Å²) in [6.07, 6.45) is -1.24. The normalized spacial score (nSPS) is 15.7. The van der Waals surface area contributed by atoms with E-state index in [1.54, 1.807) is 0 Å². The lowest BCUT2D eigenvalue weighted by Crippen LogP contribution is -2.58. The van der Waals surface area contributed by atoms with Crippen molar-refractivity contribution in [2.24, 2.45) is 5.73 Å². The number of hydrogen-bond acceptors (Lipinski definition) is 7. The summed E-state index contributed by atoms with van der Waals surface area (Å²) in [7, 11) is 0. The van der Waals surface area contributed by atoms with Gasteiger partial charge in [-0.05, 0) is 13.8 Å². The Bertz CT molecular complexity index is 459. The van der Waals surface area contributed by atoms with Crippen LogP contribution in [0.3, 0.4) is 0 Å². The van der Waals surface area contributed by atoms with E-state index in [1.165, 1.54) is 13.8 Å². The van der Waals surface area contributed by atoms with Crippen molar-refractivity contribution in [1.82, 2.24) is 16.0 Å². The van der Waals surface area contributed by atoms with Crippen molar-refractivity contribution in [1.29, 1.82) is 0 Å². The van der Waals surface area contributed by atoms with E-state index in [-0.39, 0.29) is 5.75 Å². The van der Waals surface area contributed by atoms with Crippen molar-refractivity contribution in [3.8, 4) is 0 Å². The Hall–Kier alpha value is -1.85. The Morgan fingerprint density at radius 1 is 1.09 bits per heavy atom. The van der Waals surface area contributed by atoms with Crippen molar-refractivity contribution >= 4 is 36.3 Å². The molecule has 132 valence electrons. The molecule has 0 aliphatic heterocycles. The molecule has 3 amide bonds. The molecule has 0 aromatic rings. The van der Waals surface area contributed by atoms with E-state index < -0.39 is 54.5 Å². The summed E-state index contributed by atoms with van der Waals surface area (Å²) in [5, 5.41) is 24.7. The SMILES string of the molecule is CC(NC(=O)C(NC(=O)C(N)CS)C(C)O)C(=O)NCC(=O)O. The molecule has 10 nitrogen and oxygen atoms in total. The number of nitrogens with one attached hydrogen (secondary N) is 3. The Labute approximate surface area is 138 Å². The van der Waals surface area contributed by atoms with Gasteiger partial charge in [-0.25, -0.2) is 0 Å². The summed E-state index contributed by atoms with van der Waals surface area (Å²) in [5.74, 6) is -3.38. The molecule has 0 saturated carbocycles. The molecular weight excluding hydrogens is 328 g/mol. The van der Waals surface area contributed by atoms with Crippen LogP contribution in [0, 0.1) is 0 Å². The number of thiol groups is 1. The monoisotopic (exact) mass is 350 g/mol. The lowest BCUT2D eigenvalue weighted by molar-refractivity contribution is -0.138. The summed E-state index contributed by atoms with van der Waals surface area (Å²) in [6, 6.07) is -3.33. The number of carbonyl (C=O) groups is 4. The third kappa shape index (κ3) is 7.81. The topological polar surface area (TPSA) is 171 Å². The highest BCUT2D eigenvalue weighted by molar-refractivity contribution is 7.80. The third-order valence-electron chi connectivity index (χ3n) is 2.76. The van der Waals surface area contributed by atoms with Crippen LogP contribution in [0.15, 0.2) is 0 Å². The van der Waals surface area contributed by atoms with Crippen LogP contribution in [0.4, 0.5) is 0 Å². The highest BCUT2D eigenvalue weighted by Gasteiger charge is 2.29. The van der Waals surface area contributed by atoms with Gasteiger partial charge in [0.15, 0.2) is 0 Å². The fraction of sp³-hybridized carbons (Fsp3) is 0.667. The first-order valence-corrected chi connectivity index (χ1v) is 7.38. The Balaban J connectivity index is 4.70. The summed E-state index contributed by atoms with van der Waals surface area (Å²) in [5.41, 5.74) is 5.46. The highest BCUT2D eigenvalue weighted by atomic mass is 32.1. The fourth-order valence-electron chi connectivity index (χ4n) is 1.43. The Kier molecular flexibility index (Phi) is 9.22. The Morgan fingerprint density at radius 2 is 1.65 bits per heavy atom. The lowest BCUT2D eigenvalue weighted by Gasteiger charge is -2.24. The van der Waals surface area contributed by atoms with E-state index in [1.807, 2.05) is 0 Å². The van der Waals surface area contributed by atoms with Gasteiger partial charge in [0, 0.05) is 5.75 Å². The van der Waals surface area contributed by atoms with Gasteiger partial charge in [0.05, 0.1) is 12.1 Å². The molecule has 0 bridgehead atoms. The quantitative estimate of drug-likeness (QED) is 0.215. The van der Waals surface area contributed by atoms with Gasteiger partial charge in [0.1, 0.15) is 18.6 Å². The summed E-state index contributed by atoms with van der Waals surface area (Å²) >= 11 is 3.85. The van der Waals surface area contributed by atoms with Crippen molar-refractivity contribution in [3.05, 3.63) is 0 Å². The first-order chi connectivity index (χ1) is 10.6. The van der Waals surface area contributed by atoms with Crippen LogP contribution in [-0.4, -0.2) is 70.4 Å². The molecule has 0 spiro atoms. The molecule has 0 fully saturated rings. The van der Waals surface area contributed by atoms with E-state index in [4.69, 9.17) is 10.8 Å². The standard InChI is InChI=1S/C12H22N4O6S/c1-5(10(20)14-3-8(18)19)15-12(22)9(6(2)17)16-11(21)7(13)4-23/h5-7,9,17,23H,3-4,13H2,1-2H3,(H,14,20)(H,15,22)(H,16,21)(H,18,19). The average molecular weight is 350 g/mol. The zero-order chi connectivity index (χ0) is 18.2. The maximum absolute atomic E-state index is 12.0. The zero-order valence-electron chi connectivity index (χ0n) is 12.8. The van der Waals surface area contributed by atoms with Crippen LogP contribution in [-0.2, 0) is 19.2 Å². The van der Waals surface area contributed by atoms with Gasteiger partial charge in [0.25, 0.3) is 0 Å². The summed E-state index contributed by atoms with van der Waals surface area (Å²) in [4.78, 5) is 45.7. The molecule has 7 N–H and O–H groups in total. The molecule has 0 aromatic heterocycles. The molecule has 11 heteroatoms. The Morgan fingerprint density at radius 3 is 2.09 bits per heavy atom. The van der Waals surface area contributed by atoms with Gasteiger partial charge in [-0.2, -0.15) is 12.6 Å². The van der Waals surface area contributed by atoms with E-state index in [0.29, 0.717) is 0 Å². The number of rotatable bonds is 9. The molecule has 23 heavy (non-hydrogen) atoms. The van der Waals surface area contributed by atoms with Gasteiger partial charge in [-0.15, -0.1) is 0 Å². The molecule has 0 saturated heterocycles. The predicted octanol–water partition coefficient (Wildman–Crippen LogP) is -3.19. The number of amides is 3. The van der Waals surface area contributed by atoms with E-state index in [0.717, 1.165) is 0 Å². The number of aliphatic hydroxyl groups is 1. The van der Waals surface area contributed by atoms with Crippen LogP contribution >= 0.6 is 12.6 Å². The first kappa shape index (κ1) is 21.1. The van der Waals surface area contributed by atoms with Gasteiger partial charge < -0.3 is 31.9 Å². The summed E-state index contributed by atoms with van der Waals surface area (Å²) in [6.45, 7) is 2.02. The third-order valence-corrected chi connectivity index (χ3v) is 3.16. The second-order valence-corrected chi connectivity index (χ2v) is 5.22.